The minimum Gasteiger partial charge on any atom is -0.484 e. The summed E-state index contributed by atoms with van der Waals surface area (Å²) in [6, 6.07) is 15.0. The average molecular weight is 373 g/mol. The molecule has 0 spiro atoms. The maximum Gasteiger partial charge on any atom is 0.258 e. The summed E-state index contributed by atoms with van der Waals surface area (Å²) in [6.45, 7) is 2.40. The maximum absolute atomic E-state index is 11.9. The Bertz CT molecular complexity index is 862. The van der Waals surface area contributed by atoms with E-state index in [0.29, 0.717) is 17.3 Å². The van der Waals surface area contributed by atoms with Crippen molar-refractivity contribution in [2.75, 3.05) is 6.61 Å². The summed E-state index contributed by atoms with van der Waals surface area (Å²) >= 11 is 7.38. The SMILES string of the molecule is Cc1ccccc1-c1nc(CNC(=O)COc2ccc(Cl)cc2)cs1. The van der Waals surface area contributed by atoms with Gasteiger partial charge in [-0.2, -0.15) is 0 Å². The minimum atomic E-state index is -0.194. The number of hydrogen-bond acceptors (Lipinski definition) is 4. The molecule has 1 N–H and O–H groups in total. The normalized spacial score (nSPS) is 10.5. The Morgan fingerprint density at radius 1 is 1.20 bits per heavy atom. The molecule has 128 valence electrons. The van der Waals surface area contributed by atoms with Crippen LogP contribution in [0.4, 0.5) is 0 Å². The molecule has 1 heterocycles. The Balaban J connectivity index is 1.51. The van der Waals surface area contributed by atoms with Gasteiger partial charge in [0.1, 0.15) is 10.8 Å². The number of thiazole rings is 1. The number of aryl methyl sites for hydroxylation is 1. The fourth-order valence-electron chi connectivity index (χ4n) is 2.24. The van der Waals surface area contributed by atoms with Crippen LogP contribution in [0.5, 0.6) is 5.75 Å². The van der Waals surface area contributed by atoms with Gasteiger partial charge in [0.25, 0.3) is 5.91 Å². The molecule has 0 saturated heterocycles. The number of hydrogen-bond donors (Lipinski definition) is 1. The topological polar surface area (TPSA) is 51.2 Å². The van der Waals surface area contributed by atoms with E-state index in [-0.39, 0.29) is 12.5 Å². The van der Waals surface area contributed by atoms with Crippen molar-refractivity contribution in [2.24, 2.45) is 0 Å². The van der Waals surface area contributed by atoms with Crippen LogP contribution >= 0.6 is 22.9 Å². The lowest BCUT2D eigenvalue weighted by molar-refractivity contribution is -0.123. The van der Waals surface area contributed by atoms with E-state index in [9.17, 15) is 4.79 Å². The molecule has 2 aromatic carbocycles. The van der Waals surface area contributed by atoms with Crippen LogP contribution < -0.4 is 10.1 Å². The molecule has 3 rings (SSSR count). The third kappa shape index (κ3) is 4.81. The Morgan fingerprint density at radius 3 is 2.72 bits per heavy atom. The molecule has 1 amide bonds. The Kier molecular flexibility index (Phi) is 5.68. The molecule has 25 heavy (non-hydrogen) atoms. The lowest BCUT2D eigenvalue weighted by atomic mass is 10.1. The molecule has 0 radical (unpaired) electrons. The van der Waals surface area contributed by atoms with Crippen LogP contribution in [-0.4, -0.2) is 17.5 Å². The van der Waals surface area contributed by atoms with Crippen molar-refractivity contribution in [3.8, 4) is 16.3 Å². The molecule has 0 aliphatic carbocycles. The highest BCUT2D eigenvalue weighted by molar-refractivity contribution is 7.13. The Labute approximate surface area is 155 Å². The molecular formula is C19H17ClN2O2S. The molecule has 1 aromatic heterocycles. The number of ether oxygens (including phenoxy) is 1. The maximum atomic E-state index is 11.9. The van der Waals surface area contributed by atoms with Gasteiger partial charge < -0.3 is 10.1 Å². The van der Waals surface area contributed by atoms with Crippen molar-refractivity contribution in [1.82, 2.24) is 10.3 Å². The summed E-state index contributed by atoms with van der Waals surface area (Å²) in [6.07, 6.45) is 0. The van der Waals surface area contributed by atoms with Crippen molar-refractivity contribution >= 4 is 28.8 Å². The Morgan fingerprint density at radius 2 is 1.96 bits per heavy atom. The van der Waals surface area contributed by atoms with Crippen LogP contribution in [-0.2, 0) is 11.3 Å². The summed E-state index contributed by atoms with van der Waals surface area (Å²) in [5, 5.41) is 6.36. The number of nitrogens with zero attached hydrogens (tertiary/aromatic N) is 1. The smallest absolute Gasteiger partial charge is 0.258 e. The van der Waals surface area contributed by atoms with E-state index in [1.165, 1.54) is 5.56 Å². The summed E-state index contributed by atoms with van der Waals surface area (Å²) < 4.78 is 5.41. The van der Waals surface area contributed by atoms with E-state index in [1.807, 2.05) is 17.5 Å². The number of benzene rings is 2. The van der Waals surface area contributed by atoms with Crippen LogP contribution in [0.3, 0.4) is 0 Å². The van der Waals surface area contributed by atoms with Crippen molar-refractivity contribution in [1.29, 1.82) is 0 Å². The van der Waals surface area contributed by atoms with Gasteiger partial charge >= 0.3 is 0 Å². The number of halogens is 1. The summed E-state index contributed by atoms with van der Waals surface area (Å²) in [5.74, 6) is 0.412. The van der Waals surface area contributed by atoms with Crippen molar-refractivity contribution in [3.05, 3.63) is 70.2 Å². The number of nitrogens with one attached hydrogen (secondary N) is 1. The summed E-state index contributed by atoms with van der Waals surface area (Å²) in [5.41, 5.74) is 3.14. The van der Waals surface area contributed by atoms with Crippen LogP contribution in [0.1, 0.15) is 11.3 Å². The molecule has 0 bridgehead atoms. The highest BCUT2D eigenvalue weighted by Crippen LogP contribution is 2.26. The van der Waals surface area contributed by atoms with Crippen molar-refractivity contribution < 1.29 is 9.53 Å². The zero-order valence-corrected chi connectivity index (χ0v) is 15.2. The lowest BCUT2D eigenvalue weighted by Crippen LogP contribution is -2.28. The molecule has 0 unspecified atom stereocenters. The second-order valence-electron chi connectivity index (χ2n) is 5.48. The van der Waals surface area contributed by atoms with E-state index >= 15 is 0 Å². The van der Waals surface area contributed by atoms with Crippen LogP contribution in [0.2, 0.25) is 5.02 Å². The second kappa shape index (κ2) is 8.14. The molecule has 0 aliphatic rings. The number of carbonyl (C=O) groups excluding carboxylic acids is 1. The fourth-order valence-corrected chi connectivity index (χ4v) is 3.28. The third-order valence-electron chi connectivity index (χ3n) is 3.58. The average Bonchev–Trinajstić information content (AvgIpc) is 3.08. The van der Waals surface area contributed by atoms with Gasteiger partial charge in [0.05, 0.1) is 12.2 Å². The quantitative estimate of drug-likeness (QED) is 0.694. The standard InChI is InChI=1S/C19H17ClN2O2S/c1-13-4-2-3-5-17(13)19-22-15(12-25-19)10-21-18(23)11-24-16-8-6-14(20)7-9-16/h2-9,12H,10-11H2,1H3,(H,21,23). The van der Waals surface area contributed by atoms with Crippen LogP contribution in [0.25, 0.3) is 10.6 Å². The fraction of sp³-hybridized carbons (Fsp3) is 0.158. The van der Waals surface area contributed by atoms with E-state index in [4.69, 9.17) is 16.3 Å². The van der Waals surface area contributed by atoms with Crippen LogP contribution in [0.15, 0.2) is 53.9 Å². The molecule has 0 saturated carbocycles. The first-order valence-electron chi connectivity index (χ1n) is 7.77. The van der Waals surface area contributed by atoms with Gasteiger partial charge in [0.2, 0.25) is 0 Å². The highest BCUT2D eigenvalue weighted by Gasteiger charge is 2.08. The van der Waals surface area contributed by atoms with E-state index < -0.39 is 0 Å². The predicted octanol–water partition coefficient (Wildman–Crippen LogP) is 4.47. The van der Waals surface area contributed by atoms with Gasteiger partial charge in [-0.3, -0.25) is 4.79 Å². The first kappa shape index (κ1) is 17.5. The van der Waals surface area contributed by atoms with Gasteiger partial charge in [0, 0.05) is 16.0 Å². The molecule has 6 heteroatoms. The molecular weight excluding hydrogens is 356 g/mol. The number of rotatable bonds is 6. The highest BCUT2D eigenvalue weighted by atomic mass is 35.5. The predicted molar refractivity (Wildman–Crippen MR) is 101 cm³/mol. The zero-order chi connectivity index (χ0) is 17.6. The van der Waals surface area contributed by atoms with Gasteiger partial charge in [-0.15, -0.1) is 11.3 Å². The molecule has 4 nitrogen and oxygen atoms in total. The zero-order valence-electron chi connectivity index (χ0n) is 13.7. The first-order chi connectivity index (χ1) is 12.1. The first-order valence-corrected chi connectivity index (χ1v) is 9.03. The monoisotopic (exact) mass is 372 g/mol. The van der Waals surface area contributed by atoms with E-state index in [0.717, 1.165) is 16.3 Å². The lowest BCUT2D eigenvalue weighted by Gasteiger charge is -2.06. The third-order valence-corrected chi connectivity index (χ3v) is 4.75. The second-order valence-corrected chi connectivity index (χ2v) is 6.77. The Hall–Kier alpha value is -2.37. The van der Waals surface area contributed by atoms with E-state index in [1.54, 1.807) is 35.6 Å². The number of amides is 1. The summed E-state index contributed by atoms with van der Waals surface area (Å²) in [4.78, 5) is 16.5. The molecule has 0 fully saturated rings. The number of aromatic nitrogens is 1. The van der Waals surface area contributed by atoms with Crippen molar-refractivity contribution in [3.63, 3.8) is 0 Å². The largest absolute Gasteiger partial charge is 0.484 e. The minimum absolute atomic E-state index is 0.0452. The van der Waals surface area contributed by atoms with Gasteiger partial charge in [-0.25, -0.2) is 4.98 Å². The van der Waals surface area contributed by atoms with Gasteiger partial charge in [0.15, 0.2) is 6.61 Å². The summed E-state index contributed by atoms with van der Waals surface area (Å²) in [7, 11) is 0. The van der Waals surface area contributed by atoms with Crippen LogP contribution in [0, 0.1) is 6.92 Å². The van der Waals surface area contributed by atoms with Gasteiger partial charge in [-0.1, -0.05) is 35.9 Å². The molecule has 0 atom stereocenters. The van der Waals surface area contributed by atoms with Crippen molar-refractivity contribution in [2.45, 2.75) is 13.5 Å². The van der Waals surface area contributed by atoms with E-state index in [2.05, 4.69) is 29.4 Å². The number of carbonyl (C=O) groups is 1. The molecule has 3 aromatic rings. The van der Waals surface area contributed by atoms with Gasteiger partial charge in [-0.05, 0) is 36.8 Å². The molecule has 0 aliphatic heterocycles.